The molecule has 1 aliphatic carbocycles. The van der Waals surface area contributed by atoms with Crippen LogP contribution in [0.4, 0.5) is 0 Å². The number of ether oxygens (including phenoxy) is 1. The first kappa shape index (κ1) is 20.6. The van der Waals surface area contributed by atoms with Crippen molar-refractivity contribution in [1.82, 2.24) is 14.7 Å². The second kappa shape index (κ2) is 8.89. The molecule has 0 unspecified atom stereocenters. The standard InChI is InChI=1S/C22H43N3O/c1-18(2)25-11-7-19(8-12-25)15-23-9-6-10-24(17-23)16-20-13-21(14-20)26-22(3,4)5/h18-21H,6-17H2,1-5H3. The molecule has 4 nitrogen and oxygen atoms in total. The van der Waals surface area contributed by atoms with Crippen LogP contribution in [0, 0.1) is 11.8 Å². The van der Waals surface area contributed by atoms with E-state index >= 15 is 0 Å². The lowest BCUT2D eigenvalue weighted by molar-refractivity contribution is -0.117. The van der Waals surface area contributed by atoms with Crippen molar-refractivity contribution in [3.63, 3.8) is 0 Å². The molecular weight excluding hydrogens is 322 g/mol. The van der Waals surface area contributed by atoms with Crippen molar-refractivity contribution in [1.29, 1.82) is 0 Å². The summed E-state index contributed by atoms with van der Waals surface area (Å²) in [5, 5.41) is 0. The maximum Gasteiger partial charge on any atom is 0.0602 e. The van der Waals surface area contributed by atoms with Gasteiger partial charge in [-0.3, -0.25) is 9.80 Å². The maximum absolute atomic E-state index is 6.11. The summed E-state index contributed by atoms with van der Waals surface area (Å²) in [4.78, 5) is 8.09. The predicted octanol–water partition coefficient (Wildman–Crippen LogP) is 3.67. The molecule has 4 heteroatoms. The van der Waals surface area contributed by atoms with Crippen LogP contribution < -0.4 is 0 Å². The minimum atomic E-state index is 0.0166. The average Bonchev–Trinajstić information content (AvgIpc) is 2.52. The molecule has 0 atom stereocenters. The normalized spacial score (nSPS) is 30.7. The molecule has 2 heterocycles. The highest BCUT2D eigenvalue weighted by Gasteiger charge is 2.34. The van der Waals surface area contributed by atoms with E-state index in [4.69, 9.17) is 4.74 Å². The molecule has 0 bridgehead atoms. The van der Waals surface area contributed by atoms with Crippen LogP contribution in [0.25, 0.3) is 0 Å². The van der Waals surface area contributed by atoms with Gasteiger partial charge in [-0.05, 0) is 91.6 Å². The van der Waals surface area contributed by atoms with Gasteiger partial charge in [0.25, 0.3) is 0 Å². The van der Waals surface area contributed by atoms with Crippen LogP contribution in [-0.2, 0) is 4.74 Å². The lowest BCUT2D eigenvalue weighted by atomic mass is 9.81. The fraction of sp³-hybridized carbons (Fsp3) is 1.00. The van der Waals surface area contributed by atoms with Gasteiger partial charge in [0.1, 0.15) is 0 Å². The molecule has 3 aliphatic rings. The summed E-state index contributed by atoms with van der Waals surface area (Å²) in [7, 11) is 0. The zero-order chi connectivity index (χ0) is 18.7. The monoisotopic (exact) mass is 365 g/mol. The molecule has 0 aromatic heterocycles. The molecule has 0 amide bonds. The Bertz CT molecular complexity index is 420. The molecule has 0 aromatic rings. The molecule has 0 N–H and O–H groups in total. The third kappa shape index (κ3) is 6.19. The molecule has 0 aromatic carbocycles. The van der Waals surface area contributed by atoms with E-state index in [1.165, 1.54) is 78.0 Å². The Kier molecular flexibility index (Phi) is 7.04. The second-order valence-electron chi connectivity index (χ2n) is 10.4. The summed E-state index contributed by atoms with van der Waals surface area (Å²) in [6.45, 7) is 20.2. The SMILES string of the molecule is CC(C)N1CCC(CN2CCCN(CC3CC(OC(C)(C)C)C3)C2)CC1. The largest absolute Gasteiger partial charge is 0.373 e. The van der Waals surface area contributed by atoms with Crippen LogP contribution in [-0.4, -0.2) is 78.4 Å². The molecular formula is C22H43N3O. The van der Waals surface area contributed by atoms with Crippen molar-refractivity contribution in [3.05, 3.63) is 0 Å². The first-order chi connectivity index (χ1) is 12.3. The number of nitrogens with zero attached hydrogens (tertiary/aromatic N) is 3. The molecule has 0 radical (unpaired) electrons. The third-order valence-corrected chi connectivity index (χ3v) is 6.47. The Morgan fingerprint density at radius 3 is 2.00 bits per heavy atom. The number of piperidine rings is 1. The van der Waals surface area contributed by atoms with Gasteiger partial charge in [-0.1, -0.05) is 0 Å². The zero-order valence-electron chi connectivity index (χ0n) is 18.0. The van der Waals surface area contributed by atoms with Gasteiger partial charge in [-0.2, -0.15) is 0 Å². The van der Waals surface area contributed by atoms with E-state index in [0.29, 0.717) is 6.10 Å². The van der Waals surface area contributed by atoms with Crippen LogP contribution in [0.5, 0.6) is 0 Å². The van der Waals surface area contributed by atoms with Gasteiger partial charge in [-0.25, -0.2) is 0 Å². The fourth-order valence-corrected chi connectivity index (χ4v) is 5.04. The topological polar surface area (TPSA) is 19.0 Å². The Labute approximate surface area is 162 Å². The fourth-order valence-electron chi connectivity index (χ4n) is 5.04. The van der Waals surface area contributed by atoms with Crippen molar-refractivity contribution in [2.45, 2.75) is 84.5 Å². The van der Waals surface area contributed by atoms with Crippen molar-refractivity contribution in [2.75, 3.05) is 45.9 Å². The highest BCUT2D eigenvalue weighted by atomic mass is 16.5. The average molecular weight is 366 g/mol. The zero-order valence-corrected chi connectivity index (χ0v) is 18.0. The highest BCUT2D eigenvalue weighted by molar-refractivity contribution is 4.86. The van der Waals surface area contributed by atoms with E-state index < -0.39 is 0 Å². The molecule has 1 saturated carbocycles. The first-order valence-electron chi connectivity index (χ1n) is 11.1. The Morgan fingerprint density at radius 1 is 0.885 bits per heavy atom. The lowest BCUT2D eigenvalue weighted by Crippen LogP contribution is -2.51. The van der Waals surface area contributed by atoms with Gasteiger partial charge in [0, 0.05) is 32.2 Å². The number of likely N-dealkylation sites (tertiary alicyclic amines) is 1. The van der Waals surface area contributed by atoms with Gasteiger partial charge >= 0.3 is 0 Å². The smallest absolute Gasteiger partial charge is 0.0602 e. The van der Waals surface area contributed by atoms with Crippen molar-refractivity contribution < 1.29 is 4.74 Å². The molecule has 2 saturated heterocycles. The van der Waals surface area contributed by atoms with E-state index in [1.54, 1.807) is 0 Å². The predicted molar refractivity (Wildman–Crippen MR) is 109 cm³/mol. The summed E-state index contributed by atoms with van der Waals surface area (Å²) in [5.74, 6) is 1.77. The van der Waals surface area contributed by atoms with E-state index in [2.05, 4.69) is 49.3 Å². The van der Waals surface area contributed by atoms with Gasteiger partial charge < -0.3 is 9.64 Å². The second-order valence-corrected chi connectivity index (χ2v) is 10.4. The molecule has 3 fully saturated rings. The van der Waals surface area contributed by atoms with Crippen LogP contribution in [0.3, 0.4) is 0 Å². The highest BCUT2D eigenvalue weighted by Crippen LogP contribution is 2.34. The van der Waals surface area contributed by atoms with Gasteiger partial charge in [0.05, 0.1) is 18.4 Å². The lowest BCUT2D eigenvalue weighted by Gasteiger charge is -2.44. The minimum absolute atomic E-state index is 0.0166. The first-order valence-corrected chi connectivity index (χ1v) is 11.1. The Balaban J connectivity index is 1.34. The van der Waals surface area contributed by atoms with Crippen molar-refractivity contribution in [3.8, 4) is 0 Å². The summed E-state index contributed by atoms with van der Waals surface area (Å²) < 4.78 is 6.11. The van der Waals surface area contributed by atoms with E-state index in [-0.39, 0.29) is 5.60 Å². The van der Waals surface area contributed by atoms with Crippen LogP contribution in [0.1, 0.15) is 66.7 Å². The van der Waals surface area contributed by atoms with E-state index in [9.17, 15) is 0 Å². The van der Waals surface area contributed by atoms with Crippen LogP contribution in [0.15, 0.2) is 0 Å². The number of rotatable bonds is 6. The Morgan fingerprint density at radius 2 is 1.46 bits per heavy atom. The quantitative estimate of drug-likeness (QED) is 0.715. The van der Waals surface area contributed by atoms with Crippen molar-refractivity contribution in [2.24, 2.45) is 11.8 Å². The Hall–Kier alpha value is -0.160. The number of hydrogen-bond acceptors (Lipinski definition) is 4. The molecule has 0 spiro atoms. The van der Waals surface area contributed by atoms with Gasteiger partial charge in [0.2, 0.25) is 0 Å². The molecule has 2 aliphatic heterocycles. The molecule has 152 valence electrons. The van der Waals surface area contributed by atoms with Gasteiger partial charge in [-0.15, -0.1) is 0 Å². The third-order valence-electron chi connectivity index (χ3n) is 6.47. The minimum Gasteiger partial charge on any atom is -0.373 e. The van der Waals surface area contributed by atoms with Crippen LogP contribution in [0.2, 0.25) is 0 Å². The van der Waals surface area contributed by atoms with E-state index in [1.807, 2.05) is 0 Å². The summed E-state index contributed by atoms with van der Waals surface area (Å²) >= 11 is 0. The van der Waals surface area contributed by atoms with E-state index in [0.717, 1.165) is 17.9 Å². The number of hydrogen-bond donors (Lipinski definition) is 0. The summed E-state index contributed by atoms with van der Waals surface area (Å²) in [6.07, 6.45) is 7.17. The maximum atomic E-state index is 6.11. The van der Waals surface area contributed by atoms with Crippen molar-refractivity contribution >= 4 is 0 Å². The van der Waals surface area contributed by atoms with Crippen LogP contribution >= 0.6 is 0 Å². The summed E-state index contributed by atoms with van der Waals surface area (Å²) in [5.41, 5.74) is 0.0166. The summed E-state index contributed by atoms with van der Waals surface area (Å²) in [6, 6.07) is 0.718. The van der Waals surface area contributed by atoms with Gasteiger partial charge in [0.15, 0.2) is 0 Å². The molecule has 3 rings (SSSR count). The molecule has 26 heavy (non-hydrogen) atoms.